The minimum Gasteiger partial charge on any atom is -0.324 e. The molecule has 1 heteroatoms. The first-order valence-electron chi connectivity index (χ1n) is 4.59. The minimum absolute atomic E-state index is 0.265. The molecule has 0 fully saturated rings. The van der Waals surface area contributed by atoms with E-state index >= 15 is 0 Å². The minimum atomic E-state index is 0.265. The maximum atomic E-state index is 5.83. The van der Waals surface area contributed by atoms with Crippen LogP contribution in [0.4, 0.5) is 0 Å². The van der Waals surface area contributed by atoms with E-state index in [1.54, 1.807) is 0 Å². The number of allylic oxidation sites excluding steroid dienone is 1. The molecule has 0 aliphatic rings. The maximum absolute atomic E-state index is 5.83. The highest BCUT2D eigenvalue weighted by molar-refractivity contribution is 4.91. The highest BCUT2D eigenvalue weighted by Crippen LogP contribution is 2.03. The number of nitrogens with two attached hydrogens (primary N) is 1. The van der Waals surface area contributed by atoms with Gasteiger partial charge in [0.25, 0.3) is 0 Å². The molecule has 1 nitrogen and oxygen atoms in total. The Bertz CT molecular complexity index is 105. The average molecular weight is 155 g/mol. The average Bonchev–Trinajstić information content (AvgIpc) is 1.86. The van der Waals surface area contributed by atoms with Crippen LogP contribution in [-0.2, 0) is 0 Å². The molecule has 11 heavy (non-hydrogen) atoms. The van der Waals surface area contributed by atoms with Crippen LogP contribution in [-0.4, -0.2) is 6.04 Å². The van der Waals surface area contributed by atoms with E-state index in [-0.39, 0.29) is 6.04 Å². The molecular weight excluding hydrogens is 134 g/mol. The largest absolute Gasteiger partial charge is 0.324 e. The maximum Gasteiger partial charge on any atom is 0.0226 e. The van der Waals surface area contributed by atoms with E-state index in [4.69, 9.17) is 5.73 Å². The molecule has 0 saturated carbocycles. The Labute approximate surface area is 70.7 Å². The normalized spacial score (nSPS) is 14.6. The van der Waals surface area contributed by atoms with E-state index in [1.165, 1.54) is 6.42 Å². The molecule has 0 saturated heterocycles. The topological polar surface area (TPSA) is 26.0 Å². The van der Waals surface area contributed by atoms with Gasteiger partial charge in [0, 0.05) is 6.04 Å². The van der Waals surface area contributed by atoms with Gasteiger partial charge in [0.1, 0.15) is 0 Å². The van der Waals surface area contributed by atoms with Gasteiger partial charge in [-0.15, -0.1) is 0 Å². The quantitative estimate of drug-likeness (QED) is 0.607. The Morgan fingerprint density at radius 2 is 2.00 bits per heavy atom. The van der Waals surface area contributed by atoms with Crippen LogP contribution < -0.4 is 5.73 Å². The molecular formula is C10H21N. The summed E-state index contributed by atoms with van der Waals surface area (Å²) in [5.74, 6) is 0.705. The van der Waals surface area contributed by atoms with Crippen LogP contribution in [0.25, 0.3) is 0 Å². The van der Waals surface area contributed by atoms with Crippen LogP contribution in [0, 0.1) is 5.92 Å². The molecule has 1 atom stereocenters. The molecule has 1 unspecified atom stereocenters. The third kappa shape index (κ3) is 7.60. The highest BCUT2D eigenvalue weighted by atomic mass is 14.6. The van der Waals surface area contributed by atoms with Gasteiger partial charge >= 0.3 is 0 Å². The number of rotatable bonds is 5. The Kier molecular flexibility index (Phi) is 6.24. The first-order valence-corrected chi connectivity index (χ1v) is 4.59. The van der Waals surface area contributed by atoms with Crippen molar-refractivity contribution in [3.8, 4) is 0 Å². The van der Waals surface area contributed by atoms with Crippen LogP contribution in [0.15, 0.2) is 12.2 Å². The van der Waals surface area contributed by atoms with Gasteiger partial charge in [-0.1, -0.05) is 39.3 Å². The molecule has 0 amide bonds. The van der Waals surface area contributed by atoms with Crippen LogP contribution in [0.2, 0.25) is 0 Å². The summed E-state index contributed by atoms with van der Waals surface area (Å²) in [5, 5.41) is 0. The number of unbranched alkanes of at least 4 members (excludes halogenated alkanes) is 1. The highest BCUT2D eigenvalue weighted by Gasteiger charge is 1.99. The second kappa shape index (κ2) is 6.41. The zero-order valence-electron chi connectivity index (χ0n) is 8.01. The lowest BCUT2D eigenvalue weighted by Crippen LogP contribution is -2.18. The fourth-order valence-corrected chi connectivity index (χ4v) is 1.06. The fourth-order valence-electron chi connectivity index (χ4n) is 1.06. The molecule has 2 N–H and O–H groups in total. The third-order valence-electron chi connectivity index (χ3n) is 1.58. The molecule has 0 heterocycles. The molecule has 0 spiro atoms. The van der Waals surface area contributed by atoms with Crippen molar-refractivity contribution in [1.82, 2.24) is 0 Å². The van der Waals surface area contributed by atoms with E-state index in [0.717, 1.165) is 12.8 Å². The summed E-state index contributed by atoms with van der Waals surface area (Å²) in [6.45, 7) is 6.58. The molecule has 0 aromatic heterocycles. The van der Waals surface area contributed by atoms with E-state index in [1.807, 2.05) is 0 Å². The summed E-state index contributed by atoms with van der Waals surface area (Å²) < 4.78 is 0. The lowest BCUT2D eigenvalue weighted by molar-refractivity contribution is 0.545. The molecule has 0 aliphatic carbocycles. The summed E-state index contributed by atoms with van der Waals surface area (Å²) in [4.78, 5) is 0. The Morgan fingerprint density at radius 1 is 1.36 bits per heavy atom. The Balaban J connectivity index is 3.42. The number of hydrogen-bond acceptors (Lipinski definition) is 1. The summed E-state index contributed by atoms with van der Waals surface area (Å²) >= 11 is 0. The summed E-state index contributed by atoms with van der Waals surface area (Å²) in [5.41, 5.74) is 5.83. The van der Waals surface area contributed by atoms with Gasteiger partial charge in [-0.05, 0) is 18.8 Å². The van der Waals surface area contributed by atoms with Crippen molar-refractivity contribution < 1.29 is 0 Å². The van der Waals surface area contributed by atoms with Crippen molar-refractivity contribution in [2.45, 2.75) is 46.1 Å². The van der Waals surface area contributed by atoms with Crippen LogP contribution in [0.1, 0.15) is 40.0 Å². The van der Waals surface area contributed by atoms with Crippen molar-refractivity contribution in [2.24, 2.45) is 11.7 Å². The Hall–Kier alpha value is -0.300. The lowest BCUT2D eigenvalue weighted by Gasteiger charge is -2.08. The third-order valence-corrected chi connectivity index (χ3v) is 1.58. The first-order chi connectivity index (χ1) is 5.16. The van der Waals surface area contributed by atoms with Gasteiger partial charge in [-0.2, -0.15) is 0 Å². The summed E-state index contributed by atoms with van der Waals surface area (Å²) in [6, 6.07) is 0.265. The second-order valence-corrected chi connectivity index (χ2v) is 3.51. The van der Waals surface area contributed by atoms with E-state index < -0.39 is 0 Å². The van der Waals surface area contributed by atoms with Crippen molar-refractivity contribution in [3.63, 3.8) is 0 Å². The summed E-state index contributed by atoms with van der Waals surface area (Å²) in [7, 11) is 0. The summed E-state index contributed by atoms with van der Waals surface area (Å²) in [6.07, 6.45) is 7.79. The van der Waals surface area contributed by atoms with Crippen molar-refractivity contribution >= 4 is 0 Å². The SMILES string of the molecule is CCCC=CC(N)CC(C)C. The van der Waals surface area contributed by atoms with Gasteiger partial charge < -0.3 is 5.73 Å². The monoisotopic (exact) mass is 155 g/mol. The molecule has 0 rings (SSSR count). The van der Waals surface area contributed by atoms with Gasteiger partial charge in [-0.3, -0.25) is 0 Å². The zero-order chi connectivity index (χ0) is 8.69. The Morgan fingerprint density at radius 3 is 2.45 bits per heavy atom. The molecule has 66 valence electrons. The molecule has 0 radical (unpaired) electrons. The zero-order valence-corrected chi connectivity index (χ0v) is 8.01. The van der Waals surface area contributed by atoms with Gasteiger partial charge in [0.2, 0.25) is 0 Å². The first kappa shape index (κ1) is 10.7. The molecule has 0 aromatic rings. The van der Waals surface area contributed by atoms with Crippen molar-refractivity contribution in [3.05, 3.63) is 12.2 Å². The standard InChI is InChI=1S/C10H21N/c1-4-5-6-7-10(11)8-9(2)3/h6-7,9-10H,4-5,8,11H2,1-3H3. The van der Waals surface area contributed by atoms with E-state index in [9.17, 15) is 0 Å². The van der Waals surface area contributed by atoms with Gasteiger partial charge in [0.15, 0.2) is 0 Å². The van der Waals surface area contributed by atoms with Gasteiger partial charge in [-0.25, -0.2) is 0 Å². The van der Waals surface area contributed by atoms with Crippen molar-refractivity contribution in [2.75, 3.05) is 0 Å². The van der Waals surface area contributed by atoms with Crippen LogP contribution in [0.5, 0.6) is 0 Å². The molecule has 0 aliphatic heterocycles. The van der Waals surface area contributed by atoms with E-state index in [0.29, 0.717) is 5.92 Å². The predicted molar refractivity (Wildman–Crippen MR) is 51.5 cm³/mol. The van der Waals surface area contributed by atoms with Gasteiger partial charge in [0.05, 0.1) is 0 Å². The second-order valence-electron chi connectivity index (χ2n) is 3.51. The molecule has 0 aromatic carbocycles. The molecule has 0 bridgehead atoms. The fraction of sp³-hybridized carbons (Fsp3) is 0.800. The van der Waals surface area contributed by atoms with Crippen molar-refractivity contribution in [1.29, 1.82) is 0 Å². The van der Waals surface area contributed by atoms with Crippen LogP contribution in [0.3, 0.4) is 0 Å². The predicted octanol–water partition coefficient (Wildman–Crippen LogP) is 2.72. The number of hydrogen-bond donors (Lipinski definition) is 1. The smallest absolute Gasteiger partial charge is 0.0226 e. The van der Waals surface area contributed by atoms with Crippen LogP contribution >= 0.6 is 0 Å². The lowest BCUT2D eigenvalue weighted by atomic mass is 10.0. The van der Waals surface area contributed by atoms with E-state index in [2.05, 4.69) is 32.9 Å².